The van der Waals surface area contributed by atoms with Gasteiger partial charge in [0.05, 0.1) is 11.9 Å². The normalized spacial score (nSPS) is 30.6. The molecule has 0 N–H and O–H groups in total. The summed E-state index contributed by atoms with van der Waals surface area (Å²) in [5.41, 5.74) is 2.52. The lowest BCUT2D eigenvalue weighted by atomic mass is 9.98. The molecular weight excluding hydrogens is 351 g/mol. The second-order valence-electron chi connectivity index (χ2n) is 8.37. The molecule has 3 rings (SSSR count). The second-order valence-corrected chi connectivity index (χ2v) is 13.3. The first-order chi connectivity index (χ1) is 12.1. The molecule has 0 aliphatic heterocycles. The maximum Gasteiger partial charge on any atom is 0.270 e. The Kier molecular flexibility index (Phi) is 7.64. The Morgan fingerprint density at radius 1 is 0.760 bits per heavy atom. The van der Waals surface area contributed by atoms with Crippen molar-refractivity contribution in [2.24, 2.45) is 0 Å². The van der Waals surface area contributed by atoms with Gasteiger partial charge in [0.2, 0.25) is 0 Å². The summed E-state index contributed by atoms with van der Waals surface area (Å²) in [5.74, 6) is 0. The monoisotopic (exact) mass is 388 g/mol. The molecule has 3 fully saturated rings. The zero-order valence-electron chi connectivity index (χ0n) is 16.0. The Morgan fingerprint density at radius 3 is 1.80 bits per heavy atom. The lowest BCUT2D eigenvalue weighted by molar-refractivity contribution is 0.320. The minimum absolute atomic E-state index is 0.0182. The minimum atomic E-state index is -3.35. The van der Waals surface area contributed by atoms with Gasteiger partial charge in [-0.2, -0.15) is 8.42 Å². The van der Waals surface area contributed by atoms with Crippen LogP contribution in [0.25, 0.3) is 0 Å². The molecule has 25 heavy (non-hydrogen) atoms. The lowest BCUT2D eigenvalue weighted by Crippen LogP contribution is -2.35. The molecule has 0 radical (unpaired) electrons. The maximum absolute atomic E-state index is 12.5. The van der Waals surface area contributed by atoms with E-state index in [9.17, 15) is 8.42 Å². The topological polar surface area (TPSA) is 43.4 Å². The molecule has 146 valence electrons. The highest BCUT2D eigenvalue weighted by Crippen LogP contribution is 2.62. The van der Waals surface area contributed by atoms with Gasteiger partial charge >= 0.3 is 0 Å². The van der Waals surface area contributed by atoms with Crippen LogP contribution >= 0.6 is 7.92 Å². The molecule has 0 aromatic carbocycles. The largest absolute Gasteiger partial charge is 0.270 e. The third-order valence-corrected chi connectivity index (χ3v) is 12.5. The van der Waals surface area contributed by atoms with Gasteiger partial charge in [-0.25, -0.2) is 0 Å². The number of rotatable bonds is 6. The van der Waals surface area contributed by atoms with E-state index < -0.39 is 10.1 Å². The van der Waals surface area contributed by atoms with Crippen LogP contribution in [0.5, 0.6) is 0 Å². The smallest absolute Gasteiger partial charge is 0.270 e. The van der Waals surface area contributed by atoms with Gasteiger partial charge in [-0.1, -0.05) is 52.9 Å². The third kappa shape index (κ3) is 5.20. The Hall–Kier alpha value is 0.340. The second kappa shape index (κ2) is 9.51. The van der Waals surface area contributed by atoms with Gasteiger partial charge in [-0.15, -0.1) is 0 Å². The van der Waals surface area contributed by atoms with Gasteiger partial charge in [0.25, 0.3) is 10.1 Å². The van der Waals surface area contributed by atoms with Crippen LogP contribution in [0.1, 0.15) is 96.8 Å². The Bertz CT molecular complexity index is 477. The molecule has 3 saturated carbocycles. The van der Waals surface area contributed by atoms with Crippen molar-refractivity contribution in [2.45, 2.75) is 119 Å². The van der Waals surface area contributed by atoms with Gasteiger partial charge in [-0.05, 0) is 68.8 Å². The van der Waals surface area contributed by atoms with E-state index in [1.807, 2.05) is 0 Å². The molecule has 0 saturated heterocycles. The highest BCUT2D eigenvalue weighted by atomic mass is 32.2. The molecule has 3 nitrogen and oxygen atoms in total. The summed E-state index contributed by atoms with van der Waals surface area (Å²) in [6.07, 6.45) is 18.2. The first-order valence-electron chi connectivity index (χ1n) is 10.8. The predicted molar refractivity (Wildman–Crippen MR) is 107 cm³/mol. The van der Waals surface area contributed by atoms with Gasteiger partial charge in [-0.3, -0.25) is 4.18 Å². The Balaban J connectivity index is 1.74. The van der Waals surface area contributed by atoms with Crippen molar-refractivity contribution in [3.05, 3.63) is 0 Å². The summed E-state index contributed by atoms with van der Waals surface area (Å²) in [4.78, 5) is 0. The standard InChI is InChI=1S/C20H37O3PS/c1-2-23-25(21,22)20-15-9-14-19(16-20)24(17-10-5-3-6-11-17)18-12-7-4-8-13-18/h17-20H,2-16H2,1H3. The fourth-order valence-corrected chi connectivity index (χ4v) is 11.8. The molecular formula is C20H37O3PS. The van der Waals surface area contributed by atoms with E-state index in [0.29, 0.717) is 5.66 Å². The summed E-state index contributed by atoms with van der Waals surface area (Å²) in [6, 6.07) is 0. The van der Waals surface area contributed by atoms with Crippen LogP contribution in [0.2, 0.25) is 0 Å². The van der Waals surface area contributed by atoms with Gasteiger partial charge in [0.1, 0.15) is 0 Å². The minimum Gasteiger partial charge on any atom is -0.270 e. The van der Waals surface area contributed by atoms with Gasteiger partial charge in [0, 0.05) is 0 Å². The first-order valence-corrected chi connectivity index (χ1v) is 13.8. The van der Waals surface area contributed by atoms with Crippen LogP contribution in [-0.2, 0) is 14.3 Å². The molecule has 0 amide bonds. The average molecular weight is 389 g/mol. The van der Waals surface area contributed by atoms with E-state index in [2.05, 4.69) is 0 Å². The van der Waals surface area contributed by atoms with Crippen molar-refractivity contribution in [1.82, 2.24) is 0 Å². The van der Waals surface area contributed by atoms with E-state index >= 15 is 0 Å². The highest BCUT2D eigenvalue weighted by molar-refractivity contribution is 7.87. The predicted octanol–water partition coefficient (Wildman–Crippen LogP) is 5.81. The zero-order chi connectivity index (χ0) is 17.7. The molecule has 0 spiro atoms. The van der Waals surface area contributed by atoms with E-state index in [0.717, 1.165) is 30.6 Å². The van der Waals surface area contributed by atoms with E-state index in [1.54, 1.807) is 6.92 Å². The Labute approximate surface area is 156 Å². The molecule has 3 aliphatic carbocycles. The summed E-state index contributed by atoms with van der Waals surface area (Å²) in [7, 11) is -3.37. The first kappa shape index (κ1) is 20.1. The number of hydrogen-bond acceptors (Lipinski definition) is 3. The van der Waals surface area contributed by atoms with Crippen molar-refractivity contribution in [1.29, 1.82) is 0 Å². The third-order valence-electron chi connectivity index (χ3n) is 6.70. The quantitative estimate of drug-likeness (QED) is 0.426. The molecule has 0 heterocycles. The summed E-state index contributed by atoms with van der Waals surface area (Å²) in [5, 5.41) is -0.233. The van der Waals surface area contributed by atoms with Crippen molar-refractivity contribution in [3.8, 4) is 0 Å². The van der Waals surface area contributed by atoms with Crippen LogP contribution in [0.3, 0.4) is 0 Å². The SMILES string of the molecule is CCOS(=O)(=O)C1CCCC(P(C2CCCCC2)C2CCCCC2)C1. The Morgan fingerprint density at radius 2 is 1.28 bits per heavy atom. The molecule has 2 atom stereocenters. The summed E-state index contributed by atoms with van der Waals surface area (Å²) >= 11 is 0. The van der Waals surface area contributed by atoms with Crippen LogP contribution in [0.4, 0.5) is 0 Å². The lowest BCUT2D eigenvalue weighted by Gasteiger charge is -2.45. The van der Waals surface area contributed by atoms with E-state index in [4.69, 9.17) is 4.18 Å². The molecule has 0 bridgehead atoms. The van der Waals surface area contributed by atoms with Gasteiger partial charge < -0.3 is 0 Å². The van der Waals surface area contributed by atoms with Crippen LogP contribution in [0.15, 0.2) is 0 Å². The fourth-order valence-electron chi connectivity index (χ4n) is 5.57. The number of hydrogen-bond donors (Lipinski definition) is 0. The average Bonchev–Trinajstić information content (AvgIpc) is 2.64. The van der Waals surface area contributed by atoms with Crippen LogP contribution in [0, 0.1) is 0 Å². The van der Waals surface area contributed by atoms with Crippen molar-refractivity contribution >= 4 is 18.0 Å². The maximum atomic E-state index is 12.5. The molecule has 3 aliphatic rings. The highest BCUT2D eigenvalue weighted by Gasteiger charge is 2.41. The molecule has 2 unspecified atom stereocenters. The molecule has 5 heteroatoms. The van der Waals surface area contributed by atoms with Crippen molar-refractivity contribution < 1.29 is 12.6 Å². The molecule has 0 aromatic rings. The zero-order valence-corrected chi connectivity index (χ0v) is 17.7. The van der Waals surface area contributed by atoms with Crippen molar-refractivity contribution in [3.63, 3.8) is 0 Å². The van der Waals surface area contributed by atoms with Crippen molar-refractivity contribution in [2.75, 3.05) is 6.61 Å². The van der Waals surface area contributed by atoms with Gasteiger partial charge in [0.15, 0.2) is 0 Å². The van der Waals surface area contributed by atoms with E-state index in [-0.39, 0.29) is 19.8 Å². The molecule has 0 aromatic heterocycles. The summed E-state index contributed by atoms with van der Waals surface area (Å²) < 4.78 is 30.1. The van der Waals surface area contributed by atoms with E-state index in [1.165, 1.54) is 70.6 Å². The summed E-state index contributed by atoms with van der Waals surface area (Å²) in [6.45, 7) is 2.07. The van der Waals surface area contributed by atoms with Crippen LogP contribution in [-0.4, -0.2) is 37.3 Å². The fraction of sp³-hybridized carbons (Fsp3) is 1.00. The van der Waals surface area contributed by atoms with Crippen LogP contribution < -0.4 is 0 Å².